The molecule has 0 saturated heterocycles. The van der Waals surface area contributed by atoms with Crippen LogP contribution in [0.2, 0.25) is 0 Å². The smallest absolute Gasteiger partial charge is 0.272 e. The Balaban J connectivity index is 1.19. The highest BCUT2D eigenvalue weighted by molar-refractivity contribution is 8.00. The summed E-state index contributed by atoms with van der Waals surface area (Å²) >= 11 is 1.24. The maximum absolute atomic E-state index is 13.7. The maximum Gasteiger partial charge on any atom is 0.272 e. The molecule has 260 valence electrons. The number of hydrogen-bond acceptors (Lipinski definition) is 8. The van der Waals surface area contributed by atoms with E-state index in [9.17, 15) is 24.0 Å². The van der Waals surface area contributed by atoms with E-state index in [4.69, 9.17) is 9.47 Å². The van der Waals surface area contributed by atoms with E-state index in [-0.39, 0.29) is 40.0 Å². The van der Waals surface area contributed by atoms with Crippen molar-refractivity contribution in [3.63, 3.8) is 0 Å². The molecule has 0 aliphatic heterocycles. The highest BCUT2D eigenvalue weighted by Gasteiger charge is 2.32. The minimum Gasteiger partial charge on any atom is -0.497 e. The van der Waals surface area contributed by atoms with Gasteiger partial charge in [0.1, 0.15) is 17.2 Å². The van der Waals surface area contributed by atoms with Crippen molar-refractivity contribution >= 4 is 58.5 Å². The molecule has 10 nitrogen and oxygen atoms in total. The second kappa shape index (κ2) is 15.6. The fraction of sp³-hybridized carbons (Fsp3) is 0.0976. The van der Waals surface area contributed by atoms with Crippen molar-refractivity contribution in [1.29, 1.82) is 0 Å². The number of anilines is 2. The predicted molar refractivity (Wildman–Crippen MR) is 200 cm³/mol. The van der Waals surface area contributed by atoms with Crippen molar-refractivity contribution in [3.05, 3.63) is 154 Å². The third-order valence-electron chi connectivity index (χ3n) is 8.25. The summed E-state index contributed by atoms with van der Waals surface area (Å²) in [6.07, 6.45) is 1.51. The Morgan fingerprint density at radius 2 is 1.40 bits per heavy atom. The topological polar surface area (TPSA) is 140 Å². The van der Waals surface area contributed by atoms with Gasteiger partial charge in [0.05, 0.1) is 30.7 Å². The van der Waals surface area contributed by atoms with Crippen LogP contribution in [0.25, 0.3) is 6.08 Å². The van der Waals surface area contributed by atoms with Crippen LogP contribution in [0.3, 0.4) is 0 Å². The van der Waals surface area contributed by atoms with Crippen molar-refractivity contribution < 1.29 is 33.4 Å². The van der Waals surface area contributed by atoms with Crippen molar-refractivity contribution in [1.82, 2.24) is 5.32 Å². The summed E-state index contributed by atoms with van der Waals surface area (Å²) in [7, 11) is 3.02. The van der Waals surface area contributed by atoms with Crippen LogP contribution in [-0.4, -0.2) is 48.8 Å². The molecule has 52 heavy (non-hydrogen) atoms. The zero-order chi connectivity index (χ0) is 36.8. The molecule has 11 heteroatoms. The summed E-state index contributed by atoms with van der Waals surface area (Å²) in [5.41, 5.74) is 2.57. The molecule has 1 aliphatic carbocycles. The fourth-order valence-electron chi connectivity index (χ4n) is 5.62. The lowest BCUT2D eigenvalue weighted by molar-refractivity contribution is -0.115. The number of ketones is 2. The van der Waals surface area contributed by atoms with Gasteiger partial charge in [-0.2, -0.15) is 0 Å². The zero-order valence-electron chi connectivity index (χ0n) is 28.4. The van der Waals surface area contributed by atoms with Gasteiger partial charge in [0.15, 0.2) is 11.6 Å². The number of nitrogens with one attached hydrogen (secondary N) is 3. The lowest BCUT2D eigenvalue weighted by atomic mass is 9.83. The summed E-state index contributed by atoms with van der Waals surface area (Å²) in [5.74, 6) is -1.07. The highest BCUT2D eigenvalue weighted by Crippen LogP contribution is 2.33. The van der Waals surface area contributed by atoms with E-state index in [0.29, 0.717) is 44.3 Å². The quantitative estimate of drug-likeness (QED) is 0.0964. The molecule has 0 heterocycles. The molecule has 3 N–H and O–H groups in total. The summed E-state index contributed by atoms with van der Waals surface area (Å²) in [6.45, 7) is 1.71. The fourth-order valence-corrected chi connectivity index (χ4v) is 6.55. The van der Waals surface area contributed by atoms with Gasteiger partial charge < -0.3 is 25.4 Å². The number of fused-ring (bicyclic) bond motifs is 2. The van der Waals surface area contributed by atoms with Gasteiger partial charge in [-0.05, 0) is 61.5 Å². The predicted octanol–water partition coefficient (Wildman–Crippen LogP) is 7.01. The second-order valence-electron chi connectivity index (χ2n) is 11.6. The summed E-state index contributed by atoms with van der Waals surface area (Å²) in [5, 5.41) is 7.77. The first kappa shape index (κ1) is 35.4. The number of amides is 3. The molecular weight excluding hydrogens is 679 g/mol. The molecule has 0 saturated carbocycles. The van der Waals surface area contributed by atoms with E-state index >= 15 is 0 Å². The van der Waals surface area contributed by atoms with Crippen molar-refractivity contribution in [2.75, 3.05) is 24.9 Å². The molecule has 0 radical (unpaired) electrons. The van der Waals surface area contributed by atoms with E-state index in [1.807, 2.05) is 0 Å². The number of ether oxygens (including phenoxy) is 2. The number of carbonyl (C=O) groups excluding carboxylic acids is 5. The SMILES string of the molecule is COc1ccc(/C=C(/NC(=O)c2ccccc2)C(=O)Nc2cccc(SC(C)C(=O)Nc3cccc4c3C(=O)c3ccccc3C4=O)c2)c(OC)c1. The van der Waals surface area contributed by atoms with Crippen LogP contribution in [-0.2, 0) is 9.59 Å². The summed E-state index contributed by atoms with van der Waals surface area (Å²) in [6, 6.07) is 32.0. The molecular formula is C41H33N3O7S. The molecule has 0 aromatic heterocycles. The Labute approximate surface area is 304 Å². The lowest BCUT2D eigenvalue weighted by Gasteiger charge is -2.21. The molecule has 5 aromatic rings. The standard InChI is InChI=1S/C41H33N3O7S/c1-24(39(47)43-33-18-10-17-32-36(33)38(46)31-16-8-7-15-30(31)37(32)45)52-29-14-9-13-27(22-29)42-41(49)34(44-40(48)25-11-5-4-6-12-25)21-26-19-20-28(50-2)23-35(26)51-3/h4-24H,1-3H3,(H,42,49)(H,43,47)(H,44,48)/b34-21+. The van der Waals surface area contributed by atoms with Gasteiger partial charge in [0.25, 0.3) is 11.8 Å². The van der Waals surface area contributed by atoms with Crippen LogP contribution in [0.1, 0.15) is 54.7 Å². The van der Waals surface area contributed by atoms with Crippen LogP contribution >= 0.6 is 11.8 Å². The highest BCUT2D eigenvalue weighted by atomic mass is 32.2. The summed E-state index contributed by atoms with van der Waals surface area (Å²) < 4.78 is 10.8. The third kappa shape index (κ3) is 7.64. The van der Waals surface area contributed by atoms with Crippen LogP contribution < -0.4 is 25.4 Å². The first-order valence-electron chi connectivity index (χ1n) is 16.2. The van der Waals surface area contributed by atoms with E-state index in [2.05, 4.69) is 16.0 Å². The van der Waals surface area contributed by atoms with Crippen LogP contribution in [0.4, 0.5) is 11.4 Å². The Morgan fingerprint density at radius 3 is 2.13 bits per heavy atom. The Morgan fingerprint density at radius 1 is 0.712 bits per heavy atom. The van der Waals surface area contributed by atoms with Crippen LogP contribution in [0.5, 0.6) is 11.5 Å². The molecule has 0 spiro atoms. The zero-order valence-corrected chi connectivity index (χ0v) is 29.2. The molecule has 1 atom stereocenters. The third-order valence-corrected chi connectivity index (χ3v) is 9.35. The largest absolute Gasteiger partial charge is 0.497 e. The van der Waals surface area contributed by atoms with Crippen LogP contribution in [0.15, 0.2) is 126 Å². The average molecular weight is 712 g/mol. The van der Waals surface area contributed by atoms with Gasteiger partial charge in [0, 0.05) is 44.5 Å². The van der Waals surface area contributed by atoms with E-state index < -0.39 is 17.1 Å². The molecule has 3 amide bonds. The minimum absolute atomic E-state index is 0.0371. The number of rotatable bonds is 11. The maximum atomic E-state index is 13.7. The number of methoxy groups -OCH3 is 2. The number of hydrogen-bond donors (Lipinski definition) is 3. The summed E-state index contributed by atoms with van der Waals surface area (Å²) in [4.78, 5) is 67.5. The normalized spacial score (nSPS) is 12.6. The Bertz CT molecular complexity index is 2250. The number of benzene rings is 5. The van der Waals surface area contributed by atoms with Crippen molar-refractivity contribution in [3.8, 4) is 11.5 Å². The van der Waals surface area contributed by atoms with Gasteiger partial charge in [-0.1, -0.05) is 60.7 Å². The number of carbonyl (C=O) groups is 5. The molecule has 1 unspecified atom stereocenters. The van der Waals surface area contributed by atoms with E-state index in [1.54, 1.807) is 122 Å². The molecule has 0 bridgehead atoms. The van der Waals surface area contributed by atoms with Gasteiger partial charge in [-0.15, -0.1) is 11.8 Å². The lowest BCUT2D eigenvalue weighted by Crippen LogP contribution is -2.30. The van der Waals surface area contributed by atoms with Gasteiger partial charge in [0.2, 0.25) is 5.91 Å². The van der Waals surface area contributed by atoms with Gasteiger partial charge >= 0.3 is 0 Å². The van der Waals surface area contributed by atoms with Gasteiger partial charge in [-0.3, -0.25) is 24.0 Å². The average Bonchev–Trinajstić information content (AvgIpc) is 3.17. The molecule has 0 fully saturated rings. The van der Waals surface area contributed by atoms with E-state index in [0.717, 1.165) is 0 Å². The first-order chi connectivity index (χ1) is 25.2. The molecule has 5 aromatic carbocycles. The van der Waals surface area contributed by atoms with Crippen molar-refractivity contribution in [2.45, 2.75) is 17.1 Å². The van der Waals surface area contributed by atoms with E-state index in [1.165, 1.54) is 32.1 Å². The van der Waals surface area contributed by atoms with Crippen LogP contribution in [0, 0.1) is 0 Å². The monoisotopic (exact) mass is 711 g/mol. The minimum atomic E-state index is -0.633. The second-order valence-corrected chi connectivity index (χ2v) is 13.1. The molecule has 6 rings (SSSR count). The Hall–Kier alpha value is -6.46. The molecule has 1 aliphatic rings. The van der Waals surface area contributed by atoms with Crippen molar-refractivity contribution in [2.24, 2.45) is 0 Å². The first-order valence-corrected chi connectivity index (χ1v) is 17.0. The Kier molecular flexibility index (Phi) is 10.6. The van der Waals surface area contributed by atoms with Gasteiger partial charge in [-0.25, -0.2) is 0 Å². The number of thioether (sulfide) groups is 1.